The van der Waals surface area contributed by atoms with Crippen LogP contribution in [0.25, 0.3) is 0 Å². The number of ether oxygens (including phenoxy) is 1. The number of nitrogens with zero attached hydrogens (tertiary/aromatic N) is 1. The Balaban J connectivity index is 2.59. The van der Waals surface area contributed by atoms with E-state index in [0.29, 0.717) is 6.07 Å². The maximum Gasteiger partial charge on any atom is 0.416 e. The van der Waals surface area contributed by atoms with E-state index in [-0.39, 0.29) is 12.1 Å². The van der Waals surface area contributed by atoms with Gasteiger partial charge in [-0.25, -0.2) is 4.79 Å². The lowest BCUT2D eigenvalue weighted by Gasteiger charge is -2.23. The minimum atomic E-state index is -4.59. The molecule has 0 aliphatic heterocycles. The fourth-order valence-corrected chi connectivity index (χ4v) is 1.90. The lowest BCUT2D eigenvalue weighted by atomic mass is 10.1. The number of nitrogens with one attached hydrogen (secondary N) is 1. The summed E-state index contributed by atoms with van der Waals surface area (Å²) < 4.78 is 42.6. The first kappa shape index (κ1) is 21.5. The van der Waals surface area contributed by atoms with E-state index in [1.807, 2.05) is 0 Å². The molecule has 0 fully saturated rings. The summed E-state index contributed by atoms with van der Waals surface area (Å²) in [6, 6.07) is 3.70. The van der Waals surface area contributed by atoms with Gasteiger partial charge in [0, 0.05) is 12.6 Å². The van der Waals surface area contributed by atoms with Crippen molar-refractivity contribution in [2.24, 2.45) is 0 Å². The molecule has 9 heteroatoms. The highest BCUT2D eigenvalue weighted by Gasteiger charge is 2.31. The molecule has 0 radical (unpaired) electrons. The summed E-state index contributed by atoms with van der Waals surface area (Å²) in [5, 5.41) is 2.67. The summed E-state index contributed by atoms with van der Waals surface area (Å²) in [7, 11) is 1.35. The number of likely N-dealkylation sites (N-methyl/N-ethyl adjacent to an activating group) is 1. The Labute approximate surface area is 149 Å². The summed E-state index contributed by atoms with van der Waals surface area (Å²) >= 11 is 0. The topological polar surface area (TPSA) is 75.7 Å². The SMILES string of the molecule is CN(CC(=O)NC(C)(C)C)C(=O)COC(=O)c1cccc(C(F)(F)F)c1. The largest absolute Gasteiger partial charge is 0.452 e. The maximum atomic E-state index is 12.6. The number of halogens is 3. The molecule has 0 saturated heterocycles. The molecule has 2 amide bonds. The highest BCUT2D eigenvalue weighted by molar-refractivity contribution is 5.92. The van der Waals surface area contributed by atoms with Gasteiger partial charge in [-0.05, 0) is 39.0 Å². The summed E-state index contributed by atoms with van der Waals surface area (Å²) in [6.07, 6.45) is -4.59. The van der Waals surface area contributed by atoms with E-state index in [2.05, 4.69) is 5.32 Å². The lowest BCUT2D eigenvalue weighted by molar-refractivity contribution is -0.138. The Morgan fingerprint density at radius 2 is 1.77 bits per heavy atom. The van der Waals surface area contributed by atoms with Crippen LogP contribution in [0.4, 0.5) is 13.2 Å². The second kappa shape index (κ2) is 8.20. The summed E-state index contributed by atoms with van der Waals surface area (Å²) in [5.74, 6) is -2.11. The van der Waals surface area contributed by atoms with Crippen molar-refractivity contribution in [1.29, 1.82) is 0 Å². The molecule has 1 N–H and O–H groups in total. The van der Waals surface area contributed by atoms with Gasteiger partial charge in [0.25, 0.3) is 5.91 Å². The third-order valence-electron chi connectivity index (χ3n) is 3.07. The van der Waals surface area contributed by atoms with Crippen LogP contribution in [0.5, 0.6) is 0 Å². The smallest absolute Gasteiger partial charge is 0.416 e. The number of hydrogen-bond acceptors (Lipinski definition) is 4. The van der Waals surface area contributed by atoms with Crippen molar-refractivity contribution >= 4 is 17.8 Å². The first-order chi connectivity index (χ1) is 11.8. The molecule has 0 saturated carbocycles. The fourth-order valence-electron chi connectivity index (χ4n) is 1.90. The van der Waals surface area contributed by atoms with Crippen molar-refractivity contribution in [2.75, 3.05) is 20.2 Å². The Hall–Kier alpha value is -2.58. The van der Waals surface area contributed by atoms with Crippen molar-refractivity contribution in [3.63, 3.8) is 0 Å². The zero-order valence-corrected chi connectivity index (χ0v) is 14.9. The van der Waals surface area contributed by atoms with Crippen LogP contribution >= 0.6 is 0 Å². The van der Waals surface area contributed by atoms with Crippen LogP contribution in [0, 0.1) is 0 Å². The lowest BCUT2D eigenvalue weighted by Crippen LogP contribution is -2.46. The molecule has 0 aromatic heterocycles. The van der Waals surface area contributed by atoms with Crippen molar-refractivity contribution in [3.05, 3.63) is 35.4 Å². The van der Waals surface area contributed by atoms with E-state index in [1.165, 1.54) is 7.05 Å². The van der Waals surface area contributed by atoms with Gasteiger partial charge in [0.2, 0.25) is 5.91 Å². The van der Waals surface area contributed by atoms with Crippen molar-refractivity contribution in [2.45, 2.75) is 32.5 Å². The zero-order valence-electron chi connectivity index (χ0n) is 14.9. The maximum absolute atomic E-state index is 12.6. The minimum absolute atomic E-state index is 0.239. The number of carbonyl (C=O) groups is 3. The predicted molar refractivity (Wildman–Crippen MR) is 87.3 cm³/mol. The van der Waals surface area contributed by atoms with Crippen LogP contribution in [0.2, 0.25) is 0 Å². The van der Waals surface area contributed by atoms with Gasteiger partial charge in [-0.1, -0.05) is 6.07 Å². The second-order valence-electron chi connectivity index (χ2n) is 6.70. The summed E-state index contributed by atoms with van der Waals surface area (Å²) in [5.41, 5.74) is -1.77. The van der Waals surface area contributed by atoms with Gasteiger partial charge >= 0.3 is 12.1 Å². The number of hydrogen-bond donors (Lipinski definition) is 1. The van der Waals surface area contributed by atoms with E-state index in [1.54, 1.807) is 20.8 Å². The van der Waals surface area contributed by atoms with Crippen LogP contribution in [0.1, 0.15) is 36.7 Å². The van der Waals surface area contributed by atoms with E-state index < -0.39 is 41.7 Å². The Morgan fingerprint density at radius 1 is 1.15 bits per heavy atom. The number of benzene rings is 1. The molecular weight excluding hydrogens is 353 g/mol. The van der Waals surface area contributed by atoms with E-state index in [9.17, 15) is 27.6 Å². The Bertz CT molecular complexity index is 681. The van der Waals surface area contributed by atoms with Gasteiger partial charge in [-0.15, -0.1) is 0 Å². The van der Waals surface area contributed by atoms with Gasteiger partial charge in [0.05, 0.1) is 17.7 Å². The monoisotopic (exact) mass is 374 g/mol. The van der Waals surface area contributed by atoms with Gasteiger partial charge < -0.3 is 15.0 Å². The van der Waals surface area contributed by atoms with Crippen LogP contribution in [-0.4, -0.2) is 48.4 Å². The molecule has 6 nitrogen and oxygen atoms in total. The van der Waals surface area contributed by atoms with E-state index >= 15 is 0 Å². The zero-order chi connectivity index (χ0) is 20.1. The molecule has 144 valence electrons. The molecular formula is C17H21F3N2O4. The Morgan fingerprint density at radius 3 is 2.31 bits per heavy atom. The molecule has 0 heterocycles. The number of alkyl halides is 3. The number of carbonyl (C=O) groups excluding carboxylic acids is 3. The van der Waals surface area contributed by atoms with Crippen LogP contribution in [0.3, 0.4) is 0 Å². The highest BCUT2D eigenvalue weighted by atomic mass is 19.4. The minimum Gasteiger partial charge on any atom is -0.452 e. The normalized spacial score (nSPS) is 11.7. The van der Waals surface area contributed by atoms with Crippen LogP contribution in [0.15, 0.2) is 24.3 Å². The molecule has 0 bridgehead atoms. The van der Waals surface area contributed by atoms with Crippen molar-refractivity contribution in [3.8, 4) is 0 Å². The first-order valence-corrected chi connectivity index (χ1v) is 7.69. The number of rotatable bonds is 5. The summed E-state index contributed by atoms with van der Waals surface area (Å²) in [4.78, 5) is 36.5. The molecule has 0 unspecified atom stereocenters. The summed E-state index contributed by atoms with van der Waals surface area (Å²) in [6.45, 7) is 4.42. The van der Waals surface area contributed by atoms with Gasteiger partial charge in [0.1, 0.15) is 0 Å². The van der Waals surface area contributed by atoms with Crippen molar-refractivity contribution < 1.29 is 32.3 Å². The average Bonchev–Trinajstić information content (AvgIpc) is 2.49. The predicted octanol–water partition coefficient (Wildman–Crippen LogP) is 2.24. The standard InChI is InChI=1S/C17H21F3N2O4/c1-16(2,3)21-13(23)9-22(4)14(24)10-26-15(25)11-6-5-7-12(8-11)17(18,19)20/h5-8H,9-10H2,1-4H3,(H,21,23). The first-order valence-electron chi connectivity index (χ1n) is 7.69. The van der Waals surface area contributed by atoms with E-state index in [0.717, 1.165) is 23.1 Å². The third-order valence-corrected chi connectivity index (χ3v) is 3.07. The Kier molecular flexibility index (Phi) is 6.77. The van der Waals surface area contributed by atoms with Crippen molar-refractivity contribution in [1.82, 2.24) is 10.2 Å². The molecule has 1 rings (SSSR count). The quantitative estimate of drug-likeness (QED) is 0.802. The molecule has 1 aromatic rings. The second-order valence-corrected chi connectivity index (χ2v) is 6.70. The molecule has 0 aliphatic carbocycles. The number of esters is 1. The fraction of sp³-hybridized carbons (Fsp3) is 0.471. The van der Waals surface area contributed by atoms with Gasteiger partial charge in [-0.3, -0.25) is 9.59 Å². The molecule has 1 aromatic carbocycles. The van der Waals surface area contributed by atoms with Crippen LogP contribution < -0.4 is 5.32 Å². The van der Waals surface area contributed by atoms with Gasteiger partial charge in [0.15, 0.2) is 6.61 Å². The highest BCUT2D eigenvalue weighted by Crippen LogP contribution is 2.29. The van der Waals surface area contributed by atoms with Crippen LogP contribution in [-0.2, 0) is 20.5 Å². The molecule has 0 spiro atoms. The third kappa shape index (κ3) is 7.12. The molecule has 26 heavy (non-hydrogen) atoms. The average molecular weight is 374 g/mol. The van der Waals surface area contributed by atoms with E-state index in [4.69, 9.17) is 4.74 Å². The number of amides is 2. The molecule has 0 aliphatic rings. The van der Waals surface area contributed by atoms with Gasteiger partial charge in [-0.2, -0.15) is 13.2 Å². The molecule has 0 atom stereocenters.